The number of halogens is 3. The Balaban J connectivity index is 0.867. The minimum atomic E-state index is -4.83. The predicted molar refractivity (Wildman–Crippen MR) is 418 cm³/mol. The molecule has 0 aliphatic rings. The second-order valence-electron chi connectivity index (χ2n) is 26.9. The molecule has 0 saturated heterocycles. The zero-order valence-corrected chi connectivity index (χ0v) is 55.3. The largest absolute Gasteiger partial charge is 0.417 e. The van der Waals surface area contributed by atoms with Gasteiger partial charge < -0.3 is 27.4 Å². The number of alkyl halides is 3. The van der Waals surface area contributed by atoms with E-state index in [1.165, 1.54) is 12.1 Å². The van der Waals surface area contributed by atoms with Gasteiger partial charge in [-0.15, -0.1) is 0 Å². The van der Waals surface area contributed by atoms with Crippen molar-refractivity contribution in [3.8, 4) is 68.5 Å². The highest BCUT2D eigenvalue weighted by Crippen LogP contribution is 2.48. The van der Waals surface area contributed by atoms with Crippen molar-refractivity contribution in [3.63, 3.8) is 0 Å². The molecule has 8 nitrogen and oxygen atoms in total. The van der Waals surface area contributed by atoms with Gasteiger partial charge in [0, 0.05) is 98.5 Å². The average molecular weight is 1340 g/mol. The lowest BCUT2D eigenvalue weighted by Crippen LogP contribution is -2.08. The number of benzene rings is 15. The summed E-state index contributed by atoms with van der Waals surface area (Å²) >= 11 is 0. The van der Waals surface area contributed by atoms with Crippen LogP contribution in [0.5, 0.6) is 0 Å². The third-order valence-electron chi connectivity index (χ3n) is 21.5. The van der Waals surface area contributed by atoms with E-state index in [0.29, 0.717) is 22.4 Å². The molecule has 0 aliphatic carbocycles. The van der Waals surface area contributed by atoms with Crippen LogP contribution < -0.4 is 0 Å². The molecule has 6 aromatic heterocycles. The molecule has 0 radical (unpaired) electrons. The lowest BCUT2D eigenvalue weighted by atomic mass is 9.92. The molecule has 0 N–H and O–H groups in total. The number of hydrogen-bond acceptors (Lipinski definition) is 2. The third-order valence-corrected chi connectivity index (χ3v) is 21.5. The first-order valence-electron chi connectivity index (χ1n) is 34.6. The fourth-order valence-electron chi connectivity index (χ4n) is 17.1. The molecule has 104 heavy (non-hydrogen) atoms. The number of rotatable bonds is 8. The average Bonchev–Trinajstić information content (AvgIpc) is 1.53. The maximum atomic E-state index is 15.8. The lowest BCUT2D eigenvalue weighted by molar-refractivity contribution is -0.137. The highest BCUT2D eigenvalue weighted by molar-refractivity contribution is 6.17. The maximum absolute atomic E-state index is 15.8. The van der Waals surface area contributed by atoms with Crippen LogP contribution in [0.15, 0.2) is 322 Å². The van der Waals surface area contributed by atoms with E-state index in [4.69, 9.17) is 0 Å². The Hall–Kier alpha value is -14.1. The quantitative estimate of drug-likeness (QED) is 0.152. The molecule has 6 heterocycles. The number of hydrogen-bond donors (Lipinski definition) is 0. The van der Waals surface area contributed by atoms with Gasteiger partial charge in [0.25, 0.3) is 0 Å². The van der Waals surface area contributed by atoms with E-state index < -0.39 is 11.7 Å². The van der Waals surface area contributed by atoms with Gasteiger partial charge >= 0.3 is 6.18 Å². The van der Waals surface area contributed by atoms with E-state index in [2.05, 4.69) is 300 Å². The summed E-state index contributed by atoms with van der Waals surface area (Å²) in [7, 11) is 0. The number of aromatic nitrogens is 6. The Kier molecular flexibility index (Phi) is 12.5. The van der Waals surface area contributed by atoms with Gasteiger partial charge in [-0.3, -0.25) is 0 Å². The van der Waals surface area contributed by atoms with Crippen LogP contribution >= 0.6 is 0 Å². The summed E-state index contributed by atoms with van der Waals surface area (Å²) in [4.78, 5) is 0. The van der Waals surface area contributed by atoms with Gasteiger partial charge in [0.2, 0.25) is 0 Å². The van der Waals surface area contributed by atoms with Crippen molar-refractivity contribution in [2.75, 3.05) is 0 Å². The Bertz CT molecular complexity index is 6840. The molecule has 0 saturated carbocycles. The van der Waals surface area contributed by atoms with E-state index >= 15 is 13.2 Å². The molecule has 0 bridgehead atoms. The molecule has 0 unspecified atom stereocenters. The van der Waals surface area contributed by atoms with Crippen molar-refractivity contribution < 1.29 is 13.2 Å². The van der Waals surface area contributed by atoms with E-state index in [1.807, 2.05) is 36.4 Å². The van der Waals surface area contributed by atoms with Crippen molar-refractivity contribution in [3.05, 3.63) is 338 Å². The minimum Gasteiger partial charge on any atom is -0.309 e. The fourth-order valence-corrected chi connectivity index (χ4v) is 17.1. The van der Waals surface area contributed by atoms with Gasteiger partial charge in [-0.25, -0.2) is 0 Å². The second kappa shape index (κ2) is 22.2. The highest BCUT2D eigenvalue weighted by atomic mass is 19.4. The van der Waals surface area contributed by atoms with Crippen molar-refractivity contribution in [1.82, 2.24) is 27.4 Å². The van der Waals surface area contributed by atoms with Crippen LogP contribution in [0.2, 0.25) is 0 Å². The molecule has 486 valence electrons. The van der Waals surface area contributed by atoms with Crippen molar-refractivity contribution >= 4 is 131 Å². The van der Waals surface area contributed by atoms with Crippen LogP contribution in [0.25, 0.3) is 187 Å². The summed E-state index contributed by atoms with van der Waals surface area (Å²) in [5, 5.41) is 34.1. The summed E-state index contributed by atoms with van der Waals surface area (Å²) in [6.45, 7) is 0. The zero-order chi connectivity index (χ0) is 69.2. The van der Waals surface area contributed by atoms with Crippen LogP contribution in [0.3, 0.4) is 0 Å². The molecular formula is C93H53F3N8. The van der Waals surface area contributed by atoms with E-state index in [1.54, 1.807) is 6.07 Å². The topological polar surface area (TPSA) is 77.2 Å². The van der Waals surface area contributed by atoms with Gasteiger partial charge in [-0.1, -0.05) is 164 Å². The van der Waals surface area contributed by atoms with Crippen molar-refractivity contribution in [1.29, 1.82) is 10.5 Å². The predicted octanol–water partition coefficient (Wildman–Crippen LogP) is 24.4. The Morgan fingerprint density at radius 3 is 0.817 bits per heavy atom. The molecule has 0 amide bonds. The monoisotopic (exact) mass is 1340 g/mol. The lowest BCUT2D eigenvalue weighted by Gasteiger charge is -2.21. The first-order valence-corrected chi connectivity index (χ1v) is 34.6. The first-order chi connectivity index (χ1) is 51.1. The van der Waals surface area contributed by atoms with Gasteiger partial charge in [-0.2, -0.15) is 23.7 Å². The molecule has 0 atom stereocenters. The van der Waals surface area contributed by atoms with Crippen LogP contribution in [-0.4, -0.2) is 27.4 Å². The van der Waals surface area contributed by atoms with Crippen molar-refractivity contribution in [2.45, 2.75) is 6.18 Å². The molecular weight excluding hydrogens is 1290 g/mol. The second-order valence-corrected chi connectivity index (χ2v) is 26.9. The molecule has 0 fully saturated rings. The summed E-state index contributed by atoms with van der Waals surface area (Å²) in [5.74, 6) is 0. The van der Waals surface area contributed by atoms with Crippen LogP contribution in [-0.2, 0) is 6.18 Å². The molecule has 0 spiro atoms. The SMILES string of the molecule is N#Cc1ccc(-n2c3ccc(-n4c5ccccc5c5ccccc54)cc3c3cc(-n4c5ccccc5c5ccccc54)ccc32)c(-c2ccc(-c3ccc(C#N)cc3C(F)(F)F)cc2-n2c3ccc(-n4c5ccccc5c5ccccc54)cc3c3cc(-n4c5ccccc5c5ccccc54)ccc32)c1. The smallest absolute Gasteiger partial charge is 0.309 e. The van der Waals surface area contributed by atoms with Gasteiger partial charge in [-0.05, 0) is 169 Å². The van der Waals surface area contributed by atoms with Crippen LogP contribution in [0, 0.1) is 22.7 Å². The number of fused-ring (bicyclic) bond motifs is 18. The highest BCUT2D eigenvalue weighted by Gasteiger charge is 2.35. The molecule has 21 aromatic rings. The normalized spacial score (nSPS) is 12.2. The first kappa shape index (κ1) is 58.8. The Morgan fingerprint density at radius 2 is 0.500 bits per heavy atom. The summed E-state index contributed by atoms with van der Waals surface area (Å²) in [6.07, 6.45) is -4.83. The number of nitriles is 2. The molecule has 21 rings (SSSR count). The Labute approximate surface area is 591 Å². The fraction of sp³-hybridized carbons (Fsp3) is 0.0108. The van der Waals surface area contributed by atoms with Gasteiger partial charge in [0.05, 0.1) is 106 Å². The minimum absolute atomic E-state index is 0.0844. The van der Waals surface area contributed by atoms with Crippen LogP contribution in [0.4, 0.5) is 13.2 Å². The van der Waals surface area contributed by atoms with Gasteiger partial charge in [0.1, 0.15) is 0 Å². The molecule has 11 heteroatoms. The number of para-hydroxylation sites is 8. The van der Waals surface area contributed by atoms with E-state index in [-0.39, 0.29) is 16.7 Å². The third kappa shape index (κ3) is 8.53. The summed E-state index contributed by atoms with van der Waals surface area (Å²) in [5.41, 5.74) is 17.8. The van der Waals surface area contributed by atoms with E-state index in [0.717, 1.165) is 165 Å². The molecule has 15 aromatic carbocycles. The van der Waals surface area contributed by atoms with Gasteiger partial charge in [0.15, 0.2) is 0 Å². The van der Waals surface area contributed by atoms with E-state index in [9.17, 15) is 10.5 Å². The summed E-state index contributed by atoms with van der Waals surface area (Å²) in [6, 6.07) is 114. The standard InChI is InChI=1S/C93H53F3N8/c94-93(95,96)78-48-57(55-98)33-40-63(78)58-35-41-72(92(49-58)104-90-45-38-61(101-83-29-13-5-21-68(83)69-22-6-14-30-84(69)101)52-76(90)77-53-62(39-46-91(77)104)102-85-31-15-7-23-70(85)71-24-8-16-32-86(71)102)73-47-56(54-97)34-42-87(73)103-88-43-36-59(99-79-25-9-1-17-64(79)65-18-2-10-26-80(65)99)50-74(88)75-51-60(37-44-89(75)103)100-81-27-11-3-19-66(81)67-20-4-12-28-82(67)100/h1-53H. The number of nitrogens with zero attached hydrogens (tertiary/aromatic N) is 8. The summed E-state index contributed by atoms with van der Waals surface area (Å²) < 4.78 is 61.1. The molecule has 0 aliphatic heterocycles. The van der Waals surface area contributed by atoms with Crippen LogP contribution in [0.1, 0.15) is 16.7 Å². The van der Waals surface area contributed by atoms with Crippen molar-refractivity contribution in [2.24, 2.45) is 0 Å². The zero-order valence-electron chi connectivity index (χ0n) is 55.3. The maximum Gasteiger partial charge on any atom is 0.417 e. The Morgan fingerprint density at radius 1 is 0.221 bits per heavy atom.